The van der Waals surface area contributed by atoms with Crippen LogP contribution >= 0.6 is 0 Å². The average Bonchev–Trinajstić information content (AvgIpc) is 2.27. The second-order valence-corrected chi connectivity index (χ2v) is 5.08. The van der Waals surface area contributed by atoms with Gasteiger partial charge in [-0.05, 0) is 22.9 Å². The summed E-state index contributed by atoms with van der Waals surface area (Å²) in [5, 5.41) is 19.3. The molecule has 1 atom stereocenters. The number of nitrogens with zero attached hydrogens (tertiary/aromatic N) is 2. The third-order valence-electron chi connectivity index (χ3n) is 1.79. The van der Waals surface area contributed by atoms with Crippen LogP contribution in [0.4, 0.5) is 5.82 Å². The Labute approximate surface area is 97.5 Å². The molecule has 0 aliphatic carbocycles. The lowest BCUT2D eigenvalue weighted by atomic mass is 10.4. The van der Waals surface area contributed by atoms with Crippen molar-refractivity contribution in [2.45, 2.75) is 17.9 Å². The van der Waals surface area contributed by atoms with E-state index in [0.717, 1.165) is 18.3 Å². The molecule has 0 unspecified atom stereocenters. The zero-order valence-electron chi connectivity index (χ0n) is 8.90. The maximum Gasteiger partial charge on any atom is 0.363 e. The van der Waals surface area contributed by atoms with E-state index in [1.807, 2.05) is 0 Å². The molecule has 0 aliphatic rings. The van der Waals surface area contributed by atoms with Crippen molar-refractivity contribution in [3.05, 3.63) is 28.4 Å². The van der Waals surface area contributed by atoms with Gasteiger partial charge in [0.2, 0.25) is 10.0 Å². The topological polar surface area (TPSA) is 122 Å². The van der Waals surface area contributed by atoms with Crippen molar-refractivity contribution in [3.8, 4) is 0 Å². The van der Waals surface area contributed by atoms with Gasteiger partial charge in [0, 0.05) is 12.6 Å². The van der Waals surface area contributed by atoms with Gasteiger partial charge in [0.05, 0.1) is 6.10 Å². The van der Waals surface area contributed by atoms with Crippen molar-refractivity contribution in [2.75, 3.05) is 6.54 Å². The largest absolute Gasteiger partial charge is 0.392 e. The van der Waals surface area contributed by atoms with E-state index in [4.69, 9.17) is 5.11 Å². The van der Waals surface area contributed by atoms with Crippen LogP contribution in [0.25, 0.3) is 0 Å². The lowest BCUT2D eigenvalue weighted by Crippen LogP contribution is -2.30. The van der Waals surface area contributed by atoms with Gasteiger partial charge in [-0.2, -0.15) is 0 Å². The van der Waals surface area contributed by atoms with E-state index < -0.39 is 26.9 Å². The van der Waals surface area contributed by atoms with Crippen LogP contribution < -0.4 is 4.72 Å². The average molecular weight is 261 g/mol. The van der Waals surface area contributed by atoms with E-state index >= 15 is 0 Å². The van der Waals surface area contributed by atoms with Crippen LogP contribution in [0.1, 0.15) is 6.92 Å². The van der Waals surface area contributed by atoms with Gasteiger partial charge in [-0.15, -0.1) is 0 Å². The fourth-order valence-corrected chi connectivity index (χ4v) is 2.02. The fraction of sp³-hybridized carbons (Fsp3) is 0.375. The Hall–Kier alpha value is -1.58. The summed E-state index contributed by atoms with van der Waals surface area (Å²) < 4.78 is 25.3. The zero-order chi connectivity index (χ0) is 13.1. The Morgan fingerprint density at radius 2 is 2.24 bits per heavy atom. The molecule has 2 N–H and O–H groups in total. The molecule has 1 aromatic rings. The zero-order valence-corrected chi connectivity index (χ0v) is 9.72. The molecule has 9 heteroatoms. The number of hydrogen-bond donors (Lipinski definition) is 2. The predicted molar refractivity (Wildman–Crippen MR) is 57.8 cm³/mol. The number of pyridine rings is 1. The van der Waals surface area contributed by atoms with E-state index in [0.29, 0.717) is 0 Å². The highest BCUT2D eigenvalue weighted by Crippen LogP contribution is 2.11. The van der Waals surface area contributed by atoms with Crippen LogP contribution in [0, 0.1) is 10.1 Å². The van der Waals surface area contributed by atoms with Gasteiger partial charge in [0.1, 0.15) is 4.90 Å². The van der Waals surface area contributed by atoms with Crippen molar-refractivity contribution < 1.29 is 18.4 Å². The van der Waals surface area contributed by atoms with Gasteiger partial charge in [-0.3, -0.25) is 0 Å². The number of rotatable bonds is 5. The molecular weight excluding hydrogens is 250 g/mol. The number of aliphatic hydroxyl groups excluding tert-OH is 1. The van der Waals surface area contributed by atoms with Crippen molar-refractivity contribution in [1.29, 1.82) is 0 Å². The second kappa shape index (κ2) is 5.17. The number of sulfonamides is 1. The predicted octanol–water partition coefficient (Wildman–Crippen LogP) is -0.351. The third kappa shape index (κ3) is 3.73. The number of aliphatic hydroxyl groups is 1. The Bertz CT molecular complexity index is 496. The highest BCUT2D eigenvalue weighted by atomic mass is 32.2. The minimum atomic E-state index is -3.79. The molecule has 0 radical (unpaired) electrons. The van der Waals surface area contributed by atoms with Crippen LogP contribution in [-0.4, -0.2) is 36.1 Å². The maximum atomic E-state index is 11.6. The van der Waals surface area contributed by atoms with Crippen molar-refractivity contribution >= 4 is 15.8 Å². The quantitative estimate of drug-likeness (QED) is 0.551. The van der Waals surface area contributed by atoms with E-state index in [9.17, 15) is 18.5 Å². The van der Waals surface area contributed by atoms with Gasteiger partial charge in [-0.25, -0.2) is 13.1 Å². The summed E-state index contributed by atoms with van der Waals surface area (Å²) in [6.07, 6.45) is 0.0680. The first kappa shape index (κ1) is 13.5. The van der Waals surface area contributed by atoms with Gasteiger partial charge in [0.25, 0.3) is 0 Å². The molecule has 94 valence electrons. The van der Waals surface area contributed by atoms with Crippen molar-refractivity contribution in [2.24, 2.45) is 0 Å². The lowest BCUT2D eigenvalue weighted by molar-refractivity contribution is -0.389. The number of aromatic nitrogens is 1. The molecule has 1 heterocycles. The number of nitrogens with one attached hydrogen (secondary N) is 1. The number of hydrogen-bond acceptors (Lipinski definition) is 6. The summed E-state index contributed by atoms with van der Waals surface area (Å²) in [6, 6.07) is 2.08. The minimum absolute atomic E-state index is 0.140. The molecule has 0 saturated carbocycles. The van der Waals surface area contributed by atoms with Crippen LogP contribution in [0.3, 0.4) is 0 Å². The lowest BCUT2D eigenvalue weighted by Gasteiger charge is -2.06. The molecule has 0 aliphatic heterocycles. The standard InChI is InChI=1S/C8H11N3O5S/c1-6(12)4-10-17(15,16)7-2-3-8(9-5-7)11(13)14/h2-3,5-6,10,12H,4H2,1H3/t6-/m1/s1. The molecular formula is C8H11N3O5S. The van der Waals surface area contributed by atoms with Crippen molar-refractivity contribution in [1.82, 2.24) is 9.71 Å². The van der Waals surface area contributed by atoms with E-state index in [2.05, 4.69) is 9.71 Å². The Morgan fingerprint density at radius 1 is 1.59 bits per heavy atom. The molecule has 0 aromatic carbocycles. The highest BCUT2D eigenvalue weighted by Gasteiger charge is 2.18. The van der Waals surface area contributed by atoms with Gasteiger partial charge >= 0.3 is 5.82 Å². The number of nitro groups is 1. The minimum Gasteiger partial charge on any atom is -0.392 e. The van der Waals surface area contributed by atoms with Crippen LogP contribution in [0.2, 0.25) is 0 Å². The maximum absolute atomic E-state index is 11.6. The summed E-state index contributed by atoms with van der Waals surface area (Å²) in [5.41, 5.74) is 0. The first-order chi connectivity index (χ1) is 7.83. The van der Waals surface area contributed by atoms with Crippen LogP contribution in [-0.2, 0) is 10.0 Å². The van der Waals surface area contributed by atoms with Crippen LogP contribution in [0.15, 0.2) is 23.2 Å². The smallest absolute Gasteiger partial charge is 0.363 e. The second-order valence-electron chi connectivity index (χ2n) is 3.31. The highest BCUT2D eigenvalue weighted by molar-refractivity contribution is 7.89. The van der Waals surface area contributed by atoms with Crippen molar-refractivity contribution in [3.63, 3.8) is 0 Å². The van der Waals surface area contributed by atoms with Gasteiger partial charge < -0.3 is 15.2 Å². The monoisotopic (exact) mass is 261 g/mol. The molecule has 8 nitrogen and oxygen atoms in total. The fourth-order valence-electron chi connectivity index (χ4n) is 0.953. The van der Waals surface area contributed by atoms with Gasteiger partial charge in [0.15, 0.2) is 6.20 Å². The Kier molecular flexibility index (Phi) is 4.10. The molecule has 1 rings (SSSR count). The van der Waals surface area contributed by atoms with E-state index in [-0.39, 0.29) is 11.4 Å². The van der Waals surface area contributed by atoms with Gasteiger partial charge in [-0.1, -0.05) is 0 Å². The SMILES string of the molecule is C[C@@H](O)CNS(=O)(=O)c1ccc([N+](=O)[O-])nc1. The molecule has 1 aromatic heterocycles. The summed E-state index contributed by atoms with van der Waals surface area (Å²) in [4.78, 5) is 12.8. The molecule has 0 amide bonds. The third-order valence-corrected chi connectivity index (χ3v) is 3.20. The Balaban J connectivity index is 2.89. The molecule has 0 spiro atoms. The van der Waals surface area contributed by atoms with E-state index in [1.54, 1.807) is 0 Å². The molecule has 17 heavy (non-hydrogen) atoms. The molecule has 0 bridgehead atoms. The summed E-state index contributed by atoms with van der Waals surface area (Å²) in [7, 11) is -3.79. The van der Waals surface area contributed by atoms with E-state index in [1.165, 1.54) is 6.92 Å². The first-order valence-electron chi connectivity index (χ1n) is 4.61. The summed E-state index contributed by atoms with van der Waals surface area (Å²) >= 11 is 0. The summed E-state index contributed by atoms with van der Waals surface area (Å²) in [5.74, 6) is -0.431. The summed E-state index contributed by atoms with van der Waals surface area (Å²) in [6.45, 7) is 1.29. The normalized spacial score (nSPS) is 13.3. The molecule has 0 saturated heterocycles. The first-order valence-corrected chi connectivity index (χ1v) is 6.09. The Morgan fingerprint density at radius 3 is 2.65 bits per heavy atom. The molecule has 0 fully saturated rings. The van der Waals surface area contributed by atoms with Crippen LogP contribution in [0.5, 0.6) is 0 Å².